The summed E-state index contributed by atoms with van der Waals surface area (Å²) in [5, 5.41) is 4.40. The number of hydrogen-bond donors (Lipinski definition) is 0. The Morgan fingerprint density at radius 3 is 2.78 bits per heavy atom. The van der Waals surface area contributed by atoms with E-state index >= 15 is 0 Å². The minimum atomic E-state index is -0.117. The van der Waals surface area contributed by atoms with E-state index in [0.717, 1.165) is 11.3 Å². The van der Waals surface area contributed by atoms with E-state index in [4.69, 9.17) is 21.9 Å². The van der Waals surface area contributed by atoms with E-state index in [2.05, 4.69) is 40.7 Å². The van der Waals surface area contributed by atoms with E-state index in [9.17, 15) is 0 Å². The van der Waals surface area contributed by atoms with Gasteiger partial charge in [0.15, 0.2) is 0 Å². The number of ether oxygens (including phenoxy) is 1. The topological polar surface area (TPSA) is 62.9 Å². The summed E-state index contributed by atoms with van der Waals surface area (Å²) in [7, 11) is 1.62. The van der Waals surface area contributed by atoms with Crippen LogP contribution >= 0.6 is 11.6 Å². The maximum Gasteiger partial charge on any atom is 0.138 e. The molecule has 23 heavy (non-hydrogen) atoms. The largest absolute Gasteiger partial charge is 0.495 e. The minimum Gasteiger partial charge on any atom is -0.495 e. The molecule has 6 heteroatoms. The van der Waals surface area contributed by atoms with Gasteiger partial charge in [0.1, 0.15) is 5.75 Å². The van der Waals surface area contributed by atoms with Crippen LogP contribution in [0.25, 0.3) is 21.7 Å². The quantitative estimate of drug-likeness (QED) is 0.434. The molecule has 120 valence electrons. The SMILES string of the molecule is COc1cc2c(cc1Cl)C(C)(C)c1ccn(CC(C)N=[N+]=[N-])c1-2. The first-order valence-electron chi connectivity index (χ1n) is 7.52. The van der Waals surface area contributed by atoms with Crippen molar-refractivity contribution in [3.05, 3.63) is 51.0 Å². The summed E-state index contributed by atoms with van der Waals surface area (Å²) in [6, 6.07) is 6.02. The van der Waals surface area contributed by atoms with Crippen LogP contribution < -0.4 is 4.74 Å². The molecule has 0 N–H and O–H groups in total. The molecular formula is C17H19ClN4O. The van der Waals surface area contributed by atoms with Crippen molar-refractivity contribution >= 4 is 11.6 Å². The van der Waals surface area contributed by atoms with Crippen molar-refractivity contribution in [3.63, 3.8) is 0 Å². The van der Waals surface area contributed by atoms with Crippen LogP contribution in [-0.4, -0.2) is 17.7 Å². The average molecular weight is 331 g/mol. The van der Waals surface area contributed by atoms with Crippen molar-refractivity contribution < 1.29 is 4.74 Å². The Morgan fingerprint density at radius 1 is 1.39 bits per heavy atom. The molecule has 1 aliphatic rings. The number of fused-ring (bicyclic) bond motifs is 3. The number of azide groups is 1. The van der Waals surface area contributed by atoms with Gasteiger partial charge in [-0.15, -0.1) is 0 Å². The lowest BCUT2D eigenvalue weighted by Crippen LogP contribution is -2.14. The number of nitrogens with zero attached hydrogens (tertiary/aromatic N) is 4. The molecule has 2 aromatic rings. The fourth-order valence-electron chi connectivity index (χ4n) is 3.41. The zero-order valence-electron chi connectivity index (χ0n) is 13.7. The molecule has 0 aliphatic heterocycles. The molecule has 0 amide bonds. The highest BCUT2D eigenvalue weighted by atomic mass is 35.5. The summed E-state index contributed by atoms with van der Waals surface area (Å²) >= 11 is 6.32. The van der Waals surface area contributed by atoms with Crippen molar-refractivity contribution in [2.75, 3.05) is 7.11 Å². The number of benzene rings is 1. The molecule has 1 aromatic heterocycles. The van der Waals surface area contributed by atoms with E-state index in [1.807, 2.05) is 19.1 Å². The fourth-order valence-corrected chi connectivity index (χ4v) is 3.65. The lowest BCUT2D eigenvalue weighted by Gasteiger charge is -2.20. The molecule has 0 saturated heterocycles. The van der Waals surface area contributed by atoms with Gasteiger partial charge in [0.25, 0.3) is 0 Å². The lowest BCUT2D eigenvalue weighted by molar-refractivity contribution is 0.415. The van der Waals surface area contributed by atoms with Gasteiger partial charge in [0, 0.05) is 28.6 Å². The van der Waals surface area contributed by atoms with Gasteiger partial charge in [-0.25, -0.2) is 0 Å². The van der Waals surface area contributed by atoms with Crippen LogP contribution in [0.3, 0.4) is 0 Å². The minimum absolute atomic E-state index is 0.113. The first-order valence-corrected chi connectivity index (χ1v) is 7.90. The Labute approximate surface area is 140 Å². The molecule has 3 rings (SSSR count). The molecule has 1 heterocycles. The third-order valence-electron chi connectivity index (χ3n) is 4.57. The van der Waals surface area contributed by atoms with Crippen LogP contribution in [0, 0.1) is 0 Å². The maximum absolute atomic E-state index is 8.62. The summed E-state index contributed by atoms with van der Waals surface area (Å²) in [4.78, 5) is 2.90. The second kappa shape index (κ2) is 5.52. The van der Waals surface area contributed by atoms with Crippen LogP contribution in [0.15, 0.2) is 29.5 Å². The average Bonchev–Trinajstić information content (AvgIpc) is 2.99. The molecule has 0 radical (unpaired) electrons. The highest BCUT2D eigenvalue weighted by molar-refractivity contribution is 6.32. The standard InChI is InChI=1S/C17H19ClN4O/c1-10(20-21-19)9-22-6-5-12-16(22)11-7-15(23-4)14(18)8-13(11)17(12,2)3/h5-8,10H,9H2,1-4H3. The van der Waals surface area contributed by atoms with Gasteiger partial charge < -0.3 is 9.30 Å². The second-order valence-electron chi connectivity index (χ2n) is 6.44. The van der Waals surface area contributed by atoms with Crippen LogP contribution in [0.1, 0.15) is 31.9 Å². The zero-order valence-corrected chi connectivity index (χ0v) is 14.4. The molecule has 0 bridgehead atoms. The van der Waals surface area contributed by atoms with Crippen LogP contribution in [-0.2, 0) is 12.0 Å². The number of aromatic nitrogens is 1. The summed E-state index contributed by atoms with van der Waals surface area (Å²) in [6.45, 7) is 6.94. The monoisotopic (exact) mass is 330 g/mol. The molecule has 1 atom stereocenters. The molecule has 1 aliphatic carbocycles. The fraction of sp³-hybridized carbons (Fsp3) is 0.412. The number of methoxy groups -OCH3 is 1. The first kappa shape index (κ1) is 15.8. The maximum atomic E-state index is 8.62. The van der Waals surface area contributed by atoms with Crippen LogP contribution in [0.5, 0.6) is 5.75 Å². The van der Waals surface area contributed by atoms with Crippen molar-refractivity contribution in [1.29, 1.82) is 0 Å². The van der Waals surface area contributed by atoms with Crippen LogP contribution in [0.2, 0.25) is 5.02 Å². The predicted octanol–water partition coefficient (Wildman–Crippen LogP) is 5.16. The van der Waals surface area contributed by atoms with Gasteiger partial charge in [-0.2, -0.15) is 0 Å². The summed E-state index contributed by atoms with van der Waals surface area (Å²) in [5.74, 6) is 0.671. The molecule has 0 saturated carbocycles. The van der Waals surface area contributed by atoms with E-state index in [1.54, 1.807) is 7.11 Å². The van der Waals surface area contributed by atoms with Gasteiger partial charge in [-0.3, -0.25) is 0 Å². The Hall–Kier alpha value is -2.10. The van der Waals surface area contributed by atoms with Crippen molar-refractivity contribution in [2.45, 2.75) is 38.8 Å². The smallest absolute Gasteiger partial charge is 0.138 e. The van der Waals surface area contributed by atoms with E-state index in [0.29, 0.717) is 17.3 Å². The Morgan fingerprint density at radius 2 is 2.13 bits per heavy atom. The van der Waals surface area contributed by atoms with Crippen molar-refractivity contribution in [1.82, 2.24) is 4.57 Å². The molecule has 5 nitrogen and oxygen atoms in total. The summed E-state index contributed by atoms with van der Waals surface area (Å²) < 4.78 is 7.53. The Balaban J connectivity index is 2.17. The lowest BCUT2D eigenvalue weighted by atomic mass is 9.83. The number of halogens is 1. The molecule has 0 spiro atoms. The summed E-state index contributed by atoms with van der Waals surface area (Å²) in [5.41, 5.74) is 13.2. The number of hydrogen-bond acceptors (Lipinski definition) is 2. The highest BCUT2D eigenvalue weighted by Gasteiger charge is 2.38. The molecule has 1 aromatic carbocycles. The van der Waals surface area contributed by atoms with Gasteiger partial charge in [-0.1, -0.05) is 37.5 Å². The van der Waals surface area contributed by atoms with Gasteiger partial charge in [0.05, 0.1) is 23.9 Å². The van der Waals surface area contributed by atoms with E-state index < -0.39 is 0 Å². The van der Waals surface area contributed by atoms with Crippen molar-refractivity contribution in [3.8, 4) is 17.0 Å². The Bertz CT molecular complexity index is 818. The zero-order chi connectivity index (χ0) is 16.8. The van der Waals surface area contributed by atoms with Crippen LogP contribution in [0.4, 0.5) is 0 Å². The summed E-state index contributed by atoms with van der Waals surface area (Å²) in [6.07, 6.45) is 2.06. The predicted molar refractivity (Wildman–Crippen MR) is 92.2 cm³/mol. The highest BCUT2D eigenvalue weighted by Crippen LogP contribution is 2.51. The number of rotatable bonds is 4. The third-order valence-corrected chi connectivity index (χ3v) is 4.86. The first-order chi connectivity index (χ1) is 10.9. The van der Waals surface area contributed by atoms with Crippen molar-refractivity contribution in [2.24, 2.45) is 5.11 Å². The second-order valence-corrected chi connectivity index (χ2v) is 6.85. The molecule has 1 unspecified atom stereocenters. The normalized spacial score (nSPS) is 15.5. The third kappa shape index (κ3) is 2.37. The molecule has 0 fully saturated rings. The van der Waals surface area contributed by atoms with Gasteiger partial charge >= 0.3 is 0 Å². The van der Waals surface area contributed by atoms with Gasteiger partial charge in [-0.05, 0) is 34.9 Å². The molecular weight excluding hydrogens is 312 g/mol. The van der Waals surface area contributed by atoms with E-state index in [1.165, 1.54) is 11.1 Å². The Kier molecular flexibility index (Phi) is 3.78. The van der Waals surface area contributed by atoms with E-state index in [-0.39, 0.29) is 11.5 Å². The van der Waals surface area contributed by atoms with Gasteiger partial charge in [0.2, 0.25) is 0 Å².